The molecule has 4 aromatic rings. The number of aryl methyl sites for hydroxylation is 2. The average molecular weight is 262 g/mol. The fourth-order valence-corrected chi connectivity index (χ4v) is 2.84. The Morgan fingerprint density at radius 3 is 1.30 bits per heavy atom. The Morgan fingerprint density at radius 2 is 0.900 bits per heavy atom. The molecule has 0 fully saturated rings. The highest BCUT2D eigenvalue weighted by Gasteiger charge is 2.18. The summed E-state index contributed by atoms with van der Waals surface area (Å²) in [6, 6.07) is 16.4. The predicted molar refractivity (Wildman–Crippen MR) is 80.9 cm³/mol. The molecular weight excluding hydrogens is 248 g/mol. The summed E-state index contributed by atoms with van der Waals surface area (Å²) >= 11 is 0. The Balaban J connectivity index is 2.12. The molecule has 2 heteroatoms. The first-order valence-electron chi connectivity index (χ1n) is 6.72. The van der Waals surface area contributed by atoms with E-state index >= 15 is 0 Å². The minimum atomic E-state index is 0.822. The largest absolute Gasteiger partial charge is 0.457 e. The van der Waals surface area contributed by atoms with E-state index in [-0.39, 0.29) is 0 Å². The van der Waals surface area contributed by atoms with Crippen LogP contribution >= 0.6 is 0 Å². The van der Waals surface area contributed by atoms with E-state index in [1.807, 2.05) is 38.1 Å². The molecule has 0 saturated carbocycles. The van der Waals surface area contributed by atoms with Crippen LogP contribution in [-0.2, 0) is 0 Å². The smallest absolute Gasteiger partial charge is 0.178 e. The lowest BCUT2D eigenvalue weighted by molar-refractivity contribution is 0.501. The number of benzene rings is 2. The zero-order chi connectivity index (χ0) is 13.7. The molecule has 0 unspecified atom stereocenters. The van der Waals surface area contributed by atoms with E-state index in [4.69, 9.17) is 8.83 Å². The maximum absolute atomic E-state index is 5.98. The van der Waals surface area contributed by atoms with Gasteiger partial charge >= 0.3 is 0 Å². The number of hydrogen-bond donors (Lipinski definition) is 0. The van der Waals surface area contributed by atoms with E-state index in [2.05, 4.69) is 24.3 Å². The molecule has 0 aliphatic rings. The first-order valence-corrected chi connectivity index (χ1v) is 6.72. The molecule has 2 aromatic carbocycles. The molecule has 4 rings (SSSR count). The van der Waals surface area contributed by atoms with Crippen molar-refractivity contribution in [1.29, 1.82) is 0 Å². The minimum absolute atomic E-state index is 0.822. The highest BCUT2D eigenvalue weighted by atomic mass is 16.4. The highest BCUT2D eigenvalue weighted by Crippen LogP contribution is 2.39. The van der Waals surface area contributed by atoms with Gasteiger partial charge in [-0.2, -0.15) is 0 Å². The Morgan fingerprint density at radius 1 is 0.550 bits per heavy atom. The van der Waals surface area contributed by atoms with Crippen molar-refractivity contribution in [2.75, 3.05) is 0 Å². The molecule has 0 aliphatic carbocycles. The van der Waals surface area contributed by atoms with Crippen molar-refractivity contribution in [2.24, 2.45) is 0 Å². The topological polar surface area (TPSA) is 26.3 Å². The van der Waals surface area contributed by atoms with Crippen LogP contribution in [0.2, 0.25) is 0 Å². The van der Waals surface area contributed by atoms with Crippen LogP contribution in [0.5, 0.6) is 0 Å². The molecule has 0 aliphatic heterocycles. The lowest BCUT2D eigenvalue weighted by Gasteiger charge is -1.94. The monoisotopic (exact) mass is 262 g/mol. The van der Waals surface area contributed by atoms with E-state index < -0.39 is 0 Å². The van der Waals surface area contributed by atoms with Crippen molar-refractivity contribution in [2.45, 2.75) is 13.8 Å². The fraction of sp³-hybridized carbons (Fsp3) is 0.111. The summed E-state index contributed by atoms with van der Waals surface area (Å²) < 4.78 is 12.0. The maximum Gasteiger partial charge on any atom is 0.178 e. The molecule has 98 valence electrons. The van der Waals surface area contributed by atoms with Crippen molar-refractivity contribution in [1.82, 2.24) is 0 Å². The summed E-state index contributed by atoms with van der Waals surface area (Å²) in [5.74, 6) is 3.49. The summed E-state index contributed by atoms with van der Waals surface area (Å²) in [5.41, 5.74) is 0. The van der Waals surface area contributed by atoms with Gasteiger partial charge in [-0.25, -0.2) is 0 Å². The third-order valence-electron chi connectivity index (χ3n) is 3.82. The van der Waals surface area contributed by atoms with E-state index in [9.17, 15) is 0 Å². The summed E-state index contributed by atoms with van der Waals surface area (Å²) in [7, 11) is 0. The van der Waals surface area contributed by atoms with Gasteiger partial charge in [0, 0.05) is 21.5 Å². The second-order valence-electron chi connectivity index (χ2n) is 5.07. The van der Waals surface area contributed by atoms with E-state index in [0.29, 0.717) is 0 Å². The van der Waals surface area contributed by atoms with Crippen molar-refractivity contribution in [3.8, 4) is 11.5 Å². The summed E-state index contributed by atoms with van der Waals surface area (Å²) in [5, 5.41) is 4.48. The molecule has 0 radical (unpaired) electrons. The van der Waals surface area contributed by atoms with Crippen LogP contribution in [0, 0.1) is 13.8 Å². The first kappa shape index (κ1) is 11.4. The molecule has 0 atom stereocenters. The van der Waals surface area contributed by atoms with Gasteiger partial charge in [0.15, 0.2) is 11.5 Å². The van der Waals surface area contributed by atoms with Crippen LogP contribution in [0.4, 0.5) is 0 Å². The van der Waals surface area contributed by atoms with Gasteiger partial charge in [-0.3, -0.25) is 0 Å². The lowest BCUT2D eigenvalue weighted by atomic mass is 10.1. The standard InChI is InChI=1S/C18H14O2/c1-11-13-7-3-5-9-15(13)17(19-11)18-16-10-6-4-8-14(16)12(2)20-18/h3-10H,1-2H3. The predicted octanol–water partition coefficient (Wildman–Crippen LogP) is 5.46. The molecule has 2 aromatic heterocycles. The maximum atomic E-state index is 5.98. The number of fused-ring (bicyclic) bond motifs is 2. The number of rotatable bonds is 1. The fourth-order valence-electron chi connectivity index (χ4n) is 2.84. The SMILES string of the molecule is Cc1oc(-c2oc(C)c3ccccc23)c2ccccc12. The first-order chi connectivity index (χ1) is 9.75. The third-order valence-corrected chi connectivity index (χ3v) is 3.82. The van der Waals surface area contributed by atoms with E-state index in [1.54, 1.807) is 0 Å². The number of furan rings is 2. The minimum Gasteiger partial charge on any atom is -0.457 e. The van der Waals surface area contributed by atoms with Gasteiger partial charge in [-0.05, 0) is 13.8 Å². The molecule has 0 bridgehead atoms. The normalized spacial score (nSPS) is 11.5. The quantitative estimate of drug-likeness (QED) is 0.455. The van der Waals surface area contributed by atoms with Gasteiger partial charge in [-0.15, -0.1) is 0 Å². The van der Waals surface area contributed by atoms with Gasteiger partial charge < -0.3 is 8.83 Å². The van der Waals surface area contributed by atoms with Crippen LogP contribution < -0.4 is 0 Å². The lowest BCUT2D eigenvalue weighted by Crippen LogP contribution is -1.72. The molecule has 0 amide bonds. The molecular formula is C18H14O2. The highest BCUT2D eigenvalue weighted by molar-refractivity contribution is 6.03. The molecule has 0 saturated heterocycles. The van der Waals surface area contributed by atoms with Crippen molar-refractivity contribution in [3.05, 3.63) is 60.1 Å². The van der Waals surface area contributed by atoms with Crippen molar-refractivity contribution < 1.29 is 8.83 Å². The van der Waals surface area contributed by atoms with Crippen LogP contribution in [-0.4, -0.2) is 0 Å². The Labute approximate surface area is 116 Å². The van der Waals surface area contributed by atoms with E-state index in [0.717, 1.165) is 44.6 Å². The van der Waals surface area contributed by atoms with Crippen molar-refractivity contribution in [3.63, 3.8) is 0 Å². The Hall–Kier alpha value is -2.48. The molecule has 2 nitrogen and oxygen atoms in total. The Kier molecular flexibility index (Phi) is 2.27. The van der Waals surface area contributed by atoms with Gasteiger partial charge in [0.2, 0.25) is 0 Å². The molecule has 2 heterocycles. The second kappa shape index (κ2) is 4.01. The zero-order valence-electron chi connectivity index (χ0n) is 11.4. The van der Waals surface area contributed by atoms with Crippen LogP contribution in [0.15, 0.2) is 57.4 Å². The summed E-state index contributed by atoms with van der Waals surface area (Å²) in [6.07, 6.45) is 0. The Bertz CT molecular complexity index is 847. The third kappa shape index (κ3) is 1.45. The van der Waals surface area contributed by atoms with E-state index in [1.165, 1.54) is 0 Å². The molecule has 0 N–H and O–H groups in total. The van der Waals surface area contributed by atoms with Crippen LogP contribution in [0.1, 0.15) is 11.5 Å². The van der Waals surface area contributed by atoms with Gasteiger partial charge in [0.05, 0.1) is 0 Å². The van der Waals surface area contributed by atoms with Crippen molar-refractivity contribution >= 4 is 21.5 Å². The second-order valence-corrected chi connectivity index (χ2v) is 5.07. The van der Waals surface area contributed by atoms with Gasteiger partial charge in [-0.1, -0.05) is 48.5 Å². The van der Waals surface area contributed by atoms with Crippen LogP contribution in [0.3, 0.4) is 0 Å². The summed E-state index contributed by atoms with van der Waals surface area (Å²) in [6.45, 7) is 3.98. The van der Waals surface area contributed by atoms with Crippen LogP contribution in [0.25, 0.3) is 33.1 Å². The summed E-state index contributed by atoms with van der Waals surface area (Å²) in [4.78, 5) is 0. The zero-order valence-corrected chi connectivity index (χ0v) is 11.4. The van der Waals surface area contributed by atoms with Gasteiger partial charge in [0.25, 0.3) is 0 Å². The molecule has 20 heavy (non-hydrogen) atoms. The number of hydrogen-bond acceptors (Lipinski definition) is 2. The van der Waals surface area contributed by atoms with Gasteiger partial charge in [0.1, 0.15) is 11.5 Å². The molecule has 0 spiro atoms. The average Bonchev–Trinajstić information content (AvgIpc) is 2.99.